The Labute approximate surface area is 127 Å². The summed E-state index contributed by atoms with van der Waals surface area (Å²) in [7, 11) is 0. The summed E-state index contributed by atoms with van der Waals surface area (Å²) in [5.74, 6) is 0. The molecule has 110 valence electrons. The molecule has 1 aliphatic heterocycles. The van der Waals surface area contributed by atoms with Gasteiger partial charge in [-0.3, -0.25) is 0 Å². The number of nitrogens with zero attached hydrogens (tertiary/aromatic N) is 1. The lowest BCUT2D eigenvalue weighted by Crippen LogP contribution is -2.41. The van der Waals surface area contributed by atoms with Crippen LogP contribution in [-0.2, 0) is 6.42 Å². The first-order valence-electron chi connectivity index (χ1n) is 7.76. The molecule has 0 fully saturated rings. The SMILES string of the molecule is Cc1ccc2c(c1)CCCN2C(C)C(O)c1ccccc1. The maximum Gasteiger partial charge on any atom is 0.0990 e. The highest BCUT2D eigenvalue weighted by Crippen LogP contribution is 2.33. The number of rotatable bonds is 3. The van der Waals surface area contributed by atoms with E-state index in [-0.39, 0.29) is 6.04 Å². The molecule has 1 N–H and O–H groups in total. The number of benzene rings is 2. The van der Waals surface area contributed by atoms with Gasteiger partial charge in [-0.2, -0.15) is 0 Å². The Hall–Kier alpha value is -1.80. The Morgan fingerprint density at radius 1 is 1.10 bits per heavy atom. The monoisotopic (exact) mass is 281 g/mol. The summed E-state index contributed by atoms with van der Waals surface area (Å²) < 4.78 is 0. The van der Waals surface area contributed by atoms with E-state index in [9.17, 15) is 5.11 Å². The van der Waals surface area contributed by atoms with Crippen molar-refractivity contribution in [2.45, 2.75) is 38.8 Å². The first-order valence-corrected chi connectivity index (χ1v) is 7.76. The minimum Gasteiger partial charge on any atom is -0.386 e. The van der Waals surface area contributed by atoms with Gasteiger partial charge in [0.1, 0.15) is 0 Å². The minimum absolute atomic E-state index is 0.0779. The van der Waals surface area contributed by atoms with Crippen LogP contribution in [0, 0.1) is 6.92 Å². The van der Waals surface area contributed by atoms with Gasteiger partial charge in [-0.25, -0.2) is 0 Å². The topological polar surface area (TPSA) is 23.5 Å². The normalized spacial score (nSPS) is 17.2. The molecule has 0 bridgehead atoms. The van der Waals surface area contributed by atoms with Crippen LogP contribution in [0.2, 0.25) is 0 Å². The Bertz CT molecular complexity index is 608. The van der Waals surface area contributed by atoms with E-state index in [1.54, 1.807) is 0 Å². The van der Waals surface area contributed by atoms with E-state index in [1.165, 1.54) is 16.8 Å². The molecule has 0 aliphatic carbocycles. The lowest BCUT2D eigenvalue weighted by Gasteiger charge is -2.38. The van der Waals surface area contributed by atoms with Crippen LogP contribution in [0.25, 0.3) is 0 Å². The van der Waals surface area contributed by atoms with Crippen LogP contribution in [0.3, 0.4) is 0 Å². The van der Waals surface area contributed by atoms with Crippen molar-refractivity contribution < 1.29 is 5.11 Å². The van der Waals surface area contributed by atoms with E-state index >= 15 is 0 Å². The van der Waals surface area contributed by atoms with Crippen LogP contribution in [0.15, 0.2) is 48.5 Å². The van der Waals surface area contributed by atoms with Gasteiger partial charge in [0.25, 0.3) is 0 Å². The standard InChI is InChI=1S/C19H23NO/c1-14-10-11-18-17(13-14)9-6-12-20(18)15(2)19(21)16-7-4-3-5-8-16/h3-5,7-8,10-11,13,15,19,21H,6,9,12H2,1-2H3. The molecule has 0 saturated carbocycles. The fourth-order valence-corrected chi connectivity index (χ4v) is 3.28. The lowest BCUT2D eigenvalue weighted by atomic mass is 9.95. The van der Waals surface area contributed by atoms with Gasteiger partial charge in [-0.05, 0) is 43.9 Å². The summed E-state index contributed by atoms with van der Waals surface area (Å²) >= 11 is 0. The van der Waals surface area contributed by atoms with Crippen LogP contribution in [0.5, 0.6) is 0 Å². The molecule has 1 heterocycles. The maximum absolute atomic E-state index is 10.7. The number of aryl methyl sites for hydroxylation is 2. The zero-order valence-electron chi connectivity index (χ0n) is 12.8. The summed E-state index contributed by atoms with van der Waals surface area (Å²) in [5.41, 5.74) is 5.00. The van der Waals surface area contributed by atoms with Crippen molar-refractivity contribution in [2.75, 3.05) is 11.4 Å². The van der Waals surface area contributed by atoms with Gasteiger partial charge in [-0.15, -0.1) is 0 Å². The fourth-order valence-electron chi connectivity index (χ4n) is 3.28. The summed E-state index contributed by atoms with van der Waals surface area (Å²) in [6.07, 6.45) is 1.84. The molecule has 3 rings (SSSR count). The van der Waals surface area contributed by atoms with Gasteiger partial charge in [0.2, 0.25) is 0 Å². The highest BCUT2D eigenvalue weighted by molar-refractivity contribution is 5.57. The lowest BCUT2D eigenvalue weighted by molar-refractivity contribution is 0.148. The van der Waals surface area contributed by atoms with Crippen molar-refractivity contribution in [2.24, 2.45) is 0 Å². The van der Waals surface area contributed by atoms with E-state index in [2.05, 4.69) is 36.9 Å². The van der Waals surface area contributed by atoms with Crippen molar-refractivity contribution >= 4 is 5.69 Å². The van der Waals surface area contributed by atoms with E-state index < -0.39 is 6.10 Å². The minimum atomic E-state index is -0.460. The first-order chi connectivity index (χ1) is 10.2. The van der Waals surface area contributed by atoms with E-state index in [1.807, 2.05) is 30.3 Å². The average Bonchev–Trinajstić information content (AvgIpc) is 2.53. The van der Waals surface area contributed by atoms with Gasteiger partial charge in [0.15, 0.2) is 0 Å². The van der Waals surface area contributed by atoms with Gasteiger partial charge >= 0.3 is 0 Å². The molecule has 0 saturated heterocycles. The van der Waals surface area contributed by atoms with Crippen LogP contribution in [-0.4, -0.2) is 17.7 Å². The van der Waals surface area contributed by atoms with E-state index in [0.717, 1.165) is 24.9 Å². The summed E-state index contributed by atoms with van der Waals surface area (Å²) in [6.45, 7) is 5.27. The van der Waals surface area contributed by atoms with Crippen molar-refractivity contribution in [3.8, 4) is 0 Å². The third-order valence-corrected chi connectivity index (χ3v) is 4.48. The number of aliphatic hydroxyl groups excluding tert-OH is 1. The van der Waals surface area contributed by atoms with Crippen LogP contribution in [0.4, 0.5) is 5.69 Å². The third-order valence-electron chi connectivity index (χ3n) is 4.48. The Morgan fingerprint density at radius 2 is 1.86 bits per heavy atom. The number of aliphatic hydroxyl groups is 1. The van der Waals surface area contributed by atoms with E-state index in [4.69, 9.17) is 0 Å². The fraction of sp³-hybridized carbons (Fsp3) is 0.368. The van der Waals surface area contributed by atoms with Crippen molar-refractivity contribution in [3.05, 3.63) is 65.2 Å². The second-order valence-corrected chi connectivity index (χ2v) is 6.03. The van der Waals surface area contributed by atoms with Crippen molar-refractivity contribution in [1.29, 1.82) is 0 Å². The molecule has 1 aliphatic rings. The third kappa shape index (κ3) is 2.81. The molecule has 0 aromatic heterocycles. The Morgan fingerprint density at radius 3 is 2.62 bits per heavy atom. The highest BCUT2D eigenvalue weighted by Gasteiger charge is 2.26. The second kappa shape index (κ2) is 5.90. The summed E-state index contributed by atoms with van der Waals surface area (Å²) in [6, 6.07) is 16.7. The molecular formula is C19H23NO. The molecule has 0 amide bonds. The van der Waals surface area contributed by atoms with Crippen LogP contribution >= 0.6 is 0 Å². The van der Waals surface area contributed by atoms with Crippen LogP contribution < -0.4 is 4.90 Å². The van der Waals surface area contributed by atoms with Crippen LogP contribution in [0.1, 0.15) is 36.1 Å². The van der Waals surface area contributed by atoms with Gasteiger partial charge in [-0.1, -0.05) is 48.0 Å². The van der Waals surface area contributed by atoms with Gasteiger partial charge in [0, 0.05) is 12.2 Å². The molecule has 2 aromatic carbocycles. The predicted octanol–water partition coefficient (Wildman–Crippen LogP) is 3.87. The molecule has 2 atom stereocenters. The van der Waals surface area contributed by atoms with Gasteiger partial charge < -0.3 is 10.0 Å². The highest BCUT2D eigenvalue weighted by atomic mass is 16.3. The Kier molecular flexibility index (Phi) is 3.98. The summed E-state index contributed by atoms with van der Waals surface area (Å²) in [4.78, 5) is 2.36. The smallest absolute Gasteiger partial charge is 0.0990 e. The summed E-state index contributed by atoms with van der Waals surface area (Å²) in [5, 5.41) is 10.7. The molecule has 2 nitrogen and oxygen atoms in total. The second-order valence-electron chi connectivity index (χ2n) is 6.03. The number of anilines is 1. The predicted molar refractivity (Wildman–Crippen MR) is 87.7 cm³/mol. The molecule has 21 heavy (non-hydrogen) atoms. The molecule has 0 spiro atoms. The van der Waals surface area contributed by atoms with E-state index in [0.29, 0.717) is 0 Å². The zero-order valence-corrected chi connectivity index (χ0v) is 12.8. The number of fused-ring (bicyclic) bond motifs is 1. The van der Waals surface area contributed by atoms with Crippen molar-refractivity contribution in [3.63, 3.8) is 0 Å². The largest absolute Gasteiger partial charge is 0.386 e. The number of hydrogen-bond donors (Lipinski definition) is 1. The zero-order chi connectivity index (χ0) is 14.8. The molecule has 0 radical (unpaired) electrons. The maximum atomic E-state index is 10.7. The van der Waals surface area contributed by atoms with Crippen molar-refractivity contribution in [1.82, 2.24) is 0 Å². The molecular weight excluding hydrogens is 258 g/mol. The number of hydrogen-bond acceptors (Lipinski definition) is 2. The van der Waals surface area contributed by atoms with Gasteiger partial charge in [0.05, 0.1) is 12.1 Å². The molecule has 2 unspecified atom stereocenters. The Balaban J connectivity index is 1.88. The first kappa shape index (κ1) is 14.2. The molecule has 2 heteroatoms. The quantitative estimate of drug-likeness (QED) is 0.923. The average molecular weight is 281 g/mol. The molecule has 2 aromatic rings.